The van der Waals surface area contributed by atoms with Crippen molar-refractivity contribution in [1.82, 2.24) is 0 Å². The van der Waals surface area contributed by atoms with Crippen LogP contribution in [-0.2, 0) is 9.47 Å². The molecule has 2 atom stereocenters. The Kier molecular flexibility index (Phi) is 3.16. The summed E-state index contributed by atoms with van der Waals surface area (Å²) in [7, 11) is 0. The van der Waals surface area contributed by atoms with E-state index in [1.54, 1.807) is 0 Å². The molecule has 10 heavy (non-hydrogen) atoms. The largest absolute Gasteiger partial charge is 0.352 e. The molecule has 0 aliphatic carbocycles. The van der Waals surface area contributed by atoms with E-state index in [0.29, 0.717) is 5.92 Å². The fourth-order valence-electron chi connectivity index (χ4n) is 1.00. The van der Waals surface area contributed by atoms with Crippen LogP contribution >= 0.6 is 0 Å². The van der Waals surface area contributed by atoms with E-state index in [0.717, 1.165) is 26.1 Å². The van der Waals surface area contributed by atoms with Gasteiger partial charge in [0, 0.05) is 12.5 Å². The highest BCUT2D eigenvalue weighted by atomic mass is 16.7. The second-order valence-corrected chi connectivity index (χ2v) is 2.59. The highest BCUT2D eigenvalue weighted by Gasteiger charge is 2.30. The van der Waals surface area contributed by atoms with Crippen LogP contribution in [0.4, 0.5) is 0 Å². The van der Waals surface area contributed by atoms with Crippen LogP contribution in [0.15, 0.2) is 0 Å². The van der Waals surface area contributed by atoms with Crippen LogP contribution in [0.5, 0.6) is 0 Å². The van der Waals surface area contributed by atoms with Crippen LogP contribution in [0.1, 0.15) is 19.8 Å². The van der Waals surface area contributed by atoms with Crippen molar-refractivity contribution >= 4 is 0 Å². The van der Waals surface area contributed by atoms with Gasteiger partial charge in [-0.25, -0.2) is 0 Å². The first-order valence-corrected chi connectivity index (χ1v) is 3.91. The van der Waals surface area contributed by atoms with Gasteiger partial charge in [0.1, 0.15) is 0 Å². The van der Waals surface area contributed by atoms with Crippen LogP contribution in [-0.4, -0.2) is 19.5 Å². The van der Waals surface area contributed by atoms with Gasteiger partial charge < -0.3 is 9.47 Å². The molecule has 0 aromatic heterocycles. The number of rotatable bonds is 4. The molecule has 1 fully saturated rings. The number of hydrogen-bond donors (Lipinski definition) is 0. The van der Waals surface area contributed by atoms with Crippen LogP contribution in [0.25, 0.3) is 0 Å². The summed E-state index contributed by atoms with van der Waals surface area (Å²) in [4.78, 5) is 0. The molecule has 2 unspecified atom stereocenters. The predicted molar refractivity (Wildman–Crippen MR) is 39.4 cm³/mol. The summed E-state index contributed by atoms with van der Waals surface area (Å²) in [6, 6.07) is 0. The number of hydrogen-bond acceptors (Lipinski definition) is 2. The SMILES string of the molecule is [CH2]CCOC1OCC1CC. The molecule has 0 bridgehead atoms. The molecule has 59 valence electrons. The molecular formula is C8H15O2. The molecule has 1 heterocycles. The van der Waals surface area contributed by atoms with Gasteiger partial charge in [0.25, 0.3) is 0 Å². The molecular weight excluding hydrogens is 128 g/mol. The topological polar surface area (TPSA) is 18.5 Å². The highest BCUT2D eigenvalue weighted by molar-refractivity contribution is 4.69. The summed E-state index contributed by atoms with van der Waals surface area (Å²) in [6.07, 6.45) is 2.06. The van der Waals surface area contributed by atoms with Crippen LogP contribution in [0.3, 0.4) is 0 Å². The van der Waals surface area contributed by atoms with Crippen molar-refractivity contribution in [1.29, 1.82) is 0 Å². The van der Waals surface area contributed by atoms with Crippen LogP contribution in [0, 0.1) is 12.8 Å². The summed E-state index contributed by atoms with van der Waals surface area (Å²) in [5.41, 5.74) is 0. The van der Waals surface area contributed by atoms with Crippen molar-refractivity contribution in [2.24, 2.45) is 5.92 Å². The molecule has 2 heteroatoms. The average molecular weight is 143 g/mol. The van der Waals surface area contributed by atoms with Gasteiger partial charge >= 0.3 is 0 Å². The van der Waals surface area contributed by atoms with Crippen molar-refractivity contribution in [2.75, 3.05) is 13.2 Å². The monoisotopic (exact) mass is 143 g/mol. The van der Waals surface area contributed by atoms with E-state index in [1.165, 1.54) is 0 Å². The van der Waals surface area contributed by atoms with Gasteiger partial charge in [0.15, 0.2) is 6.29 Å². The van der Waals surface area contributed by atoms with Gasteiger partial charge in [-0.2, -0.15) is 0 Å². The molecule has 0 aromatic rings. The molecule has 0 N–H and O–H groups in total. The van der Waals surface area contributed by atoms with E-state index in [1.807, 2.05) is 0 Å². The standard InChI is InChI=1S/C8H15O2/c1-3-5-9-8-7(4-2)6-10-8/h7-8H,1,3-6H2,2H3. The summed E-state index contributed by atoms with van der Waals surface area (Å²) < 4.78 is 10.5. The second-order valence-electron chi connectivity index (χ2n) is 2.59. The van der Waals surface area contributed by atoms with E-state index in [-0.39, 0.29) is 6.29 Å². The average Bonchev–Trinajstić information content (AvgIpc) is 1.88. The maximum Gasteiger partial charge on any atom is 0.162 e. The Morgan fingerprint density at radius 1 is 1.70 bits per heavy atom. The van der Waals surface area contributed by atoms with Gasteiger partial charge in [-0.15, -0.1) is 0 Å². The minimum Gasteiger partial charge on any atom is -0.352 e. The minimum absolute atomic E-state index is 0.0757. The lowest BCUT2D eigenvalue weighted by atomic mass is 10.0. The smallest absolute Gasteiger partial charge is 0.162 e. The summed E-state index contributed by atoms with van der Waals surface area (Å²) in [5, 5.41) is 0. The number of ether oxygens (including phenoxy) is 2. The van der Waals surface area contributed by atoms with Crippen LogP contribution in [0.2, 0.25) is 0 Å². The van der Waals surface area contributed by atoms with E-state index < -0.39 is 0 Å². The van der Waals surface area contributed by atoms with Crippen molar-refractivity contribution in [3.63, 3.8) is 0 Å². The molecule has 0 spiro atoms. The quantitative estimate of drug-likeness (QED) is 0.595. The first-order chi connectivity index (χ1) is 4.88. The molecule has 0 amide bonds. The Morgan fingerprint density at radius 2 is 2.50 bits per heavy atom. The molecule has 1 saturated heterocycles. The first kappa shape index (κ1) is 8.02. The third-order valence-electron chi connectivity index (χ3n) is 1.81. The Hall–Kier alpha value is -0.0800. The zero-order valence-corrected chi connectivity index (χ0v) is 6.51. The fraction of sp³-hybridized carbons (Fsp3) is 0.875. The van der Waals surface area contributed by atoms with Gasteiger partial charge in [-0.3, -0.25) is 0 Å². The maximum atomic E-state index is 5.35. The van der Waals surface area contributed by atoms with Gasteiger partial charge in [0.05, 0.1) is 6.61 Å². The van der Waals surface area contributed by atoms with E-state index in [2.05, 4.69) is 13.8 Å². The molecule has 1 aliphatic rings. The highest BCUT2D eigenvalue weighted by Crippen LogP contribution is 2.24. The minimum atomic E-state index is 0.0757. The maximum absolute atomic E-state index is 5.35. The third-order valence-corrected chi connectivity index (χ3v) is 1.81. The Bertz CT molecular complexity index is 91.3. The Morgan fingerprint density at radius 3 is 2.90 bits per heavy atom. The molecule has 1 radical (unpaired) electrons. The van der Waals surface area contributed by atoms with Gasteiger partial charge in [-0.1, -0.05) is 13.8 Å². The van der Waals surface area contributed by atoms with E-state index in [4.69, 9.17) is 9.47 Å². The lowest BCUT2D eigenvalue weighted by molar-refractivity contribution is -0.258. The lowest BCUT2D eigenvalue weighted by Gasteiger charge is -2.35. The fourth-order valence-corrected chi connectivity index (χ4v) is 1.00. The Labute approximate surface area is 62.5 Å². The van der Waals surface area contributed by atoms with Gasteiger partial charge in [-0.05, 0) is 12.8 Å². The summed E-state index contributed by atoms with van der Waals surface area (Å²) in [6.45, 7) is 7.44. The summed E-state index contributed by atoms with van der Waals surface area (Å²) in [5.74, 6) is 0.631. The third kappa shape index (κ3) is 1.70. The predicted octanol–water partition coefficient (Wildman–Crippen LogP) is 1.61. The Balaban J connectivity index is 2.05. The molecule has 0 saturated carbocycles. The van der Waals surface area contributed by atoms with Gasteiger partial charge in [0.2, 0.25) is 0 Å². The van der Waals surface area contributed by atoms with Crippen molar-refractivity contribution in [3.8, 4) is 0 Å². The molecule has 1 aliphatic heterocycles. The normalized spacial score (nSPS) is 31.8. The van der Waals surface area contributed by atoms with Crippen LogP contribution < -0.4 is 0 Å². The van der Waals surface area contributed by atoms with E-state index >= 15 is 0 Å². The molecule has 1 rings (SSSR count). The van der Waals surface area contributed by atoms with Crippen molar-refractivity contribution < 1.29 is 9.47 Å². The van der Waals surface area contributed by atoms with Crippen molar-refractivity contribution in [3.05, 3.63) is 6.92 Å². The van der Waals surface area contributed by atoms with E-state index in [9.17, 15) is 0 Å². The lowest BCUT2D eigenvalue weighted by Crippen LogP contribution is -2.41. The summed E-state index contributed by atoms with van der Waals surface area (Å²) >= 11 is 0. The first-order valence-electron chi connectivity index (χ1n) is 3.91. The second kappa shape index (κ2) is 3.94. The van der Waals surface area contributed by atoms with Crippen molar-refractivity contribution in [2.45, 2.75) is 26.1 Å². The zero-order valence-electron chi connectivity index (χ0n) is 6.51. The molecule has 0 aromatic carbocycles. The molecule has 2 nitrogen and oxygen atoms in total. The zero-order chi connectivity index (χ0) is 7.40.